The SMILES string of the molecule is CCS(=O)(=O)c1c(NCC2CC2)sc(C(=O)OC)c1N. The Bertz CT molecular complexity index is 618. The molecule has 1 aliphatic carbocycles. The maximum Gasteiger partial charge on any atom is 0.350 e. The largest absolute Gasteiger partial charge is 0.465 e. The van der Waals surface area contributed by atoms with Gasteiger partial charge in [-0.2, -0.15) is 0 Å². The summed E-state index contributed by atoms with van der Waals surface area (Å²) >= 11 is 1.04. The van der Waals surface area contributed by atoms with Gasteiger partial charge in [-0.3, -0.25) is 0 Å². The van der Waals surface area contributed by atoms with E-state index in [9.17, 15) is 13.2 Å². The van der Waals surface area contributed by atoms with E-state index in [2.05, 4.69) is 10.1 Å². The number of thiophene rings is 1. The lowest BCUT2D eigenvalue weighted by molar-refractivity contribution is 0.0607. The van der Waals surface area contributed by atoms with Crippen LogP contribution < -0.4 is 11.1 Å². The highest BCUT2D eigenvalue weighted by Gasteiger charge is 2.30. The molecular formula is C12H18N2O4S2. The molecule has 112 valence electrons. The molecule has 1 fully saturated rings. The van der Waals surface area contributed by atoms with Gasteiger partial charge >= 0.3 is 5.97 Å². The number of hydrogen-bond acceptors (Lipinski definition) is 7. The van der Waals surface area contributed by atoms with Gasteiger partial charge in [0.1, 0.15) is 14.8 Å². The molecule has 0 aromatic carbocycles. The van der Waals surface area contributed by atoms with Crippen LogP contribution >= 0.6 is 11.3 Å². The van der Waals surface area contributed by atoms with Crippen molar-refractivity contribution in [1.29, 1.82) is 0 Å². The van der Waals surface area contributed by atoms with E-state index in [4.69, 9.17) is 5.73 Å². The van der Waals surface area contributed by atoms with Crippen molar-refractivity contribution >= 4 is 37.8 Å². The number of rotatable bonds is 6. The van der Waals surface area contributed by atoms with Crippen LogP contribution in [-0.2, 0) is 14.6 Å². The molecule has 2 rings (SSSR count). The third-order valence-electron chi connectivity index (χ3n) is 3.21. The van der Waals surface area contributed by atoms with E-state index < -0.39 is 15.8 Å². The van der Waals surface area contributed by atoms with Crippen molar-refractivity contribution < 1.29 is 17.9 Å². The first kappa shape index (κ1) is 15.1. The van der Waals surface area contributed by atoms with E-state index in [0.717, 1.165) is 24.2 Å². The highest BCUT2D eigenvalue weighted by molar-refractivity contribution is 7.91. The van der Waals surface area contributed by atoms with Crippen LogP contribution in [0.25, 0.3) is 0 Å². The molecule has 0 atom stereocenters. The number of hydrogen-bond donors (Lipinski definition) is 2. The second-order valence-corrected chi connectivity index (χ2v) is 7.96. The predicted octanol–water partition coefficient (Wildman–Crippen LogP) is 1.73. The van der Waals surface area contributed by atoms with Crippen LogP contribution in [-0.4, -0.2) is 33.8 Å². The third-order valence-corrected chi connectivity index (χ3v) is 6.29. The minimum absolute atomic E-state index is 0.0120. The molecule has 0 saturated heterocycles. The summed E-state index contributed by atoms with van der Waals surface area (Å²) in [6, 6.07) is 0. The Morgan fingerprint density at radius 3 is 2.65 bits per heavy atom. The van der Waals surface area contributed by atoms with E-state index in [0.29, 0.717) is 17.5 Å². The van der Waals surface area contributed by atoms with Gasteiger partial charge in [0.2, 0.25) is 0 Å². The number of nitrogens with two attached hydrogens (primary N) is 1. The topological polar surface area (TPSA) is 98.5 Å². The molecular weight excluding hydrogens is 300 g/mol. The number of esters is 1. The minimum atomic E-state index is -3.49. The zero-order valence-electron chi connectivity index (χ0n) is 11.4. The molecule has 0 unspecified atom stereocenters. The predicted molar refractivity (Wildman–Crippen MR) is 79.0 cm³/mol. The summed E-state index contributed by atoms with van der Waals surface area (Å²) in [6.45, 7) is 2.25. The second kappa shape index (κ2) is 5.61. The van der Waals surface area contributed by atoms with Crippen LogP contribution in [0.5, 0.6) is 0 Å². The number of carbonyl (C=O) groups is 1. The molecule has 6 nitrogen and oxygen atoms in total. The average Bonchev–Trinajstić information content (AvgIpc) is 3.18. The molecule has 1 aromatic heterocycles. The lowest BCUT2D eigenvalue weighted by atomic mass is 10.4. The fourth-order valence-electron chi connectivity index (χ4n) is 1.80. The first-order valence-corrected chi connectivity index (χ1v) is 8.84. The molecule has 1 aromatic rings. The van der Waals surface area contributed by atoms with Crippen molar-refractivity contribution in [3.63, 3.8) is 0 Å². The standard InChI is InChI=1S/C12H18N2O4S2/c1-3-20(16,17)10-8(13)9(12(15)18-2)19-11(10)14-6-7-4-5-7/h7,14H,3-6,13H2,1-2H3. The van der Waals surface area contributed by atoms with Crippen molar-refractivity contribution in [1.82, 2.24) is 0 Å². The van der Waals surface area contributed by atoms with Crippen LogP contribution in [0.3, 0.4) is 0 Å². The molecule has 0 radical (unpaired) electrons. The van der Waals surface area contributed by atoms with Gasteiger partial charge in [-0.05, 0) is 18.8 Å². The fraction of sp³-hybridized carbons (Fsp3) is 0.583. The third kappa shape index (κ3) is 2.90. The van der Waals surface area contributed by atoms with Gasteiger partial charge in [0, 0.05) is 6.54 Å². The van der Waals surface area contributed by atoms with Crippen LogP contribution in [0.4, 0.5) is 10.7 Å². The highest BCUT2D eigenvalue weighted by atomic mass is 32.2. The molecule has 1 aliphatic rings. The Balaban J connectivity index is 2.43. The molecule has 1 heterocycles. The van der Waals surface area contributed by atoms with E-state index in [1.54, 1.807) is 6.92 Å². The Kier molecular flexibility index (Phi) is 4.24. The Morgan fingerprint density at radius 1 is 1.50 bits per heavy atom. The van der Waals surface area contributed by atoms with Crippen LogP contribution in [0.1, 0.15) is 29.4 Å². The van der Waals surface area contributed by atoms with Crippen molar-refractivity contribution in [2.75, 3.05) is 30.5 Å². The van der Waals surface area contributed by atoms with Gasteiger partial charge in [0.15, 0.2) is 9.84 Å². The fourth-order valence-corrected chi connectivity index (χ4v) is 4.39. The summed E-state index contributed by atoms with van der Waals surface area (Å²) in [5.41, 5.74) is 5.84. The van der Waals surface area contributed by atoms with Gasteiger partial charge in [-0.25, -0.2) is 13.2 Å². The van der Waals surface area contributed by atoms with Crippen molar-refractivity contribution in [3.8, 4) is 0 Å². The van der Waals surface area contributed by atoms with Crippen molar-refractivity contribution in [3.05, 3.63) is 4.88 Å². The van der Waals surface area contributed by atoms with Gasteiger partial charge in [-0.1, -0.05) is 6.92 Å². The Morgan fingerprint density at radius 2 is 2.15 bits per heavy atom. The van der Waals surface area contributed by atoms with Gasteiger partial charge < -0.3 is 15.8 Å². The lowest BCUT2D eigenvalue weighted by Crippen LogP contribution is -2.11. The number of carbonyl (C=O) groups excluding carboxylic acids is 1. The first-order valence-electron chi connectivity index (χ1n) is 6.37. The normalized spacial score (nSPS) is 15.1. The van der Waals surface area contributed by atoms with E-state index >= 15 is 0 Å². The summed E-state index contributed by atoms with van der Waals surface area (Å²) in [4.78, 5) is 11.8. The zero-order valence-corrected chi connectivity index (χ0v) is 13.1. The lowest BCUT2D eigenvalue weighted by Gasteiger charge is -2.07. The second-order valence-electron chi connectivity index (χ2n) is 4.72. The Hall–Kier alpha value is -1.28. The molecule has 0 bridgehead atoms. The maximum atomic E-state index is 12.2. The Labute approximate surface area is 122 Å². The molecule has 1 saturated carbocycles. The summed E-state index contributed by atoms with van der Waals surface area (Å²) in [5, 5.41) is 3.55. The smallest absolute Gasteiger partial charge is 0.350 e. The van der Waals surface area contributed by atoms with E-state index in [1.807, 2.05) is 0 Å². The van der Waals surface area contributed by atoms with Gasteiger partial charge in [0.25, 0.3) is 0 Å². The highest BCUT2D eigenvalue weighted by Crippen LogP contribution is 2.41. The quantitative estimate of drug-likeness (QED) is 0.775. The summed E-state index contributed by atoms with van der Waals surface area (Å²) in [7, 11) is -2.25. The van der Waals surface area contributed by atoms with Crippen LogP contribution in [0, 0.1) is 5.92 Å². The molecule has 20 heavy (non-hydrogen) atoms. The van der Waals surface area contributed by atoms with Gasteiger partial charge in [-0.15, -0.1) is 11.3 Å². The van der Waals surface area contributed by atoms with Gasteiger partial charge in [0.05, 0.1) is 18.6 Å². The minimum Gasteiger partial charge on any atom is -0.465 e. The number of nitrogen functional groups attached to an aromatic ring is 1. The summed E-state index contributed by atoms with van der Waals surface area (Å²) in [5.74, 6) is -0.0938. The number of methoxy groups -OCH3 is 1. The van der Waals surface area contributed by atoms with Crippen molar-refractivity contribution in [2.45, 2.75) is 24.7 Å². The molecule has 0 aliphatic heterocycles. The number of nitrogens with one attached hydrogen (secondary N) is 1. The maximum absolute atomic E-state index is 12.2. The van der Waals surface area contributed by atoms with Crippen LogP contribution in [0.15, 0.2) is 4.90 Å². The average molecular weight is 318 g/mol. The summed E-state index contributed by atoms with van der Waals surface area (Å²) in [6.07, 6.45) is 2.29. The van der Waals surface area contributed by atoms with Crippen molar-refractivity contribution in [2.24, 2.45) is 5.92 Å². The monoisotopic (exact) mass is 318 g/mol. The number of ether oxygens (including phenoxy) is 1. The van der Waals surface area contributed by atoms with E-state index in [-0.39, 0.29) is 21.2 Å². The molecule has 0 amide bonds. The number of sulfone groups is 1. The molecule has 3 N–H and O–H groups in total. The zero-order chi connectivity index (χ0) is 14.9. The molecule has 8 heteroatoms. The summed E-state index contributed by atoms with van der Waals surface area (Å²) < 4.78 is 29.0. The molecule has 0 spiro atoms. The van der Waals surface area contributed by atoms with E-state index in [1.165, 1.54) is 7.11 Å². The number of anilines is 2. The first-order chi connectivity index (χ1) is 9.40. The van der Waals surface area contributed by atoms with Crippen LogP contribution in [0.2, 0.25) is 0 Å².